The van der Waals surface area contributed by atoms with Crippen molar-refractivity contribution in [2.45, 2.75) is 13.3 Å². The molecule has 2 aromatic heterocycles. The molecule has 0 saturated carbocycles. The van der Waals surface area contributed by atoms with Crippen molar-refractivity contribution >= 4 is 16.8 Å². The number of rotatable bonds is 3. The van der Waals surface area contributed by atoms with Gasteiger partial charge in [0.25, 0.3) is 5.91 Å². The third kappa shape index (κ3) is 2.66. The zero-order valence-electron chi connectivity index (χ0n) is 14.1. The summed E-state index contributed by atoms with van der Waals surface area (Å²) >= 11 is 0. The first-order valence-corrected chi connectivity index (χ1v) is 8.45. The van der Waals surface area contributed by atoms with E-state index in [-0.39, 0.29) is 5.91 Å². The molecule has 2 N–H and O–H groups in total. The number of nitrogens with two attached hydrogens (primary N) is 1. The van der Waals surface area contributed by atoms with Crippen LogP contribution in [0.4, 0.5) is 0 Å². The first-order valence-electron chi connectivity index (χ1n) is 8.45. The van der Waals surface area contributed by atoms with Gasteiger partial charge in [-0.25, -0.2) is 4.68 Å². The van der Waals surface area contributed by atoms with E-state index in [0.717, 1.165) is 35.2 Å². The second-order valence-corrected chi connectivity index (χ2v) is 6.42. The monoisotopic (exact) mass is 336 g/mol. The first kappa shape index (κ1) is 15.7. The molecule has 3 aromatic rings. The Hall–Kier alpha value is -2.80. The molecule has 0 radical (unpaired) electrons. The molecule has 0 bridgehead atoms. The molecule has 0 aliphatic carbocycles. The number of pyridine rings is 1. The van der Waals surface area contributed by atoms with Crippen LogP contribution in [-0.4, -0.2) is 50.4 Å². The minimum atomic E-state index is -0.0712. The number of nitrogens with zero attached hydrogens (tertiary/aromatic N) is 5. The summed E-state index contributed by atoms with van der Waals surface area (Å²) in [5.41, 5.74) is 8.61. The molecule has 1 aromatic carbocycles. The molecular formula is C18H20N6O. The van der Waals surface area contributed by atoms with Crippen molar-refractivity contribution in [2.24, 2.45) is 11.7 Å². The van der Waals surface area contributed by atoms with Crippen molar-refractivity contribution in [3.8, 4) is 5.69 Å². The van der Waals surface area contributed by atoms with Crippen molar-refractivity contribution in [1.82, 2.24) is 24.9 Å². The quantitative estimate of drug-likeness (QED) is 0.783. The fourth-order valence-electron chi connectivity index (χ4n) is 3.39. The molecule has 0 spiro atoms. The highest BCUT2D eigenvalue weighted by Crippen LogP contribution is 2.23. The van der Waals surface area contributed by atoms with Crippen molar-refractivity contribution in [3.63, 3.8) is 0 Å². The van der Waals surface area contributed by atoms with Crippen LogP contribution in [-0.2, 0) is 0 Å². The van der Waals surface area contributed by atoms with E-state index < -0.39 is 0 Å². The lowest BCUT2D eigenvalue weighted by molar-refractivity contribution is 0.0781. The summed E-state index contributed by atoms with van der Waals surface area (Å²) in [7, 11) is 0. The van der Waals surface area contributed by atoms with Gasteiger partial charge in [0.15, 0.2) is 5.69 Å². The van der Waals surface area contributed by atoms with Gasteiger partial charge in [0.1, 0.15) is 0 Å². The van der Waals surface area contributed by atoms with Gasteiger partial charge in [-0.15, -0.1) is 5.10 Å². The second-order valence-electron chi connectivity index (χ2n) is 6.42. The van der Waals surface area contributed by atoms with Gasteiger partial charge < -0.3 is 10.6 Å². The van der Waals surface area contributed by atoms with Gasteiger partial charge in [0.05, 0.1) is 16.9 Å². The fraction of sp³-hybridized carbons (Fsp3) is 0.333. The van der Waals surface area contributed by atoms with Gasteiger partial charge in [-0.1, -0.05) is 11.3 Å². The molecule has 128 valence electrons. The Balaban J connectivity index is 1.71. The van der Waals surface area contributed by atoms with E-state index in [1.807, 2.05) is 42.2 Å². The maximum Gasteiger partial charge on any atom is 0.276 e. The summed E-state index contributed by atoms with van der Waals surface area (Å²) in [5.74, 6) is 0.307. The largest absolute Gasteiger partial charge is 0.337 e. The SMILES string of the molecule is Cc1c(C(=O)N2CC[C@H](CN)C2)nnn1-c1cccc2ncccc12. The number of carbonyl (C=O) groups is 1. The number of carbonyl (C=O) groups excluding carboxylic acids is 1. The molecule has 4 rings (SSSR count). The van der Waals surface area contributed by atoms with E-state index in [1.54, 1.807) is 10.9 Å². The lowest BCUT2D eigenvalue weighted by atomic mass is 10.1. The van der Waals surface area contributed by atoms with Gasteiger partial charge in [-0.05, 0) is 50.1 Å². The Kier molecular flexibility index (Phi) is 3.93. The third-order valence-electron chi connectivity index (χ3n) is 4.85. The molecule has 1 amide bonds. The molecule has 1 aliphatic rings. The zero-order valence-corrected chi connectivity index (χ0v) is 14.1. The number of hydrogen-bond donors (Lipinski definition) is 1. The van der Waals surface area contributed by atoms with Crippen LogP contribution in [0.3, 0.4) is 0 Å². The fourth-order valence-corrected chi connectivity index (χ4v) is 3.39. The van der Waals surface area contributed by atoms with Crippen molar-refractivity contribution < 1.29 is 4.79 Å². The summed E-state index contributed by atoms with van der Waals surface area (Å²) < 4.78 is 1.72. The summed E-state index contributed by atoms with van der Waals surface area (Å²) in [5, 5.41) is 9.37. The molecule has 7 heteroatoms. The molecule has 1 fully saturated rings. The average Bonchev–Trinajstić information content (AvgIpc) is 3.27. The number of amides is 1. The highest BCUT2D eigenvalue weighted by atomic mass is 16.2. The minimum absolute atomic E-state index is 0.0712. The third-order valence-corrected chi connectivity index (χ3v) is 4.85. The smallest absolute Gasteiger partial charge is 0.276 e. The molecule has 1 saturated heterocycles. The van der Waals surface area contributed by atoms with Gasteiger partial charge in [0.2, 0.25) is 0 Å². The maximum absolute atomic E-state index is 12.8. The topological polar surface area (TPSA) is 89.9 Å². The molecule has 25 heavy (non-hydrogen) atoms. The van der Waals surface area contributed by atoms with E-state index in [9.17, 15) is 4.79 Å². The van der Waals surface area contributed by atoms with Crippen LogP contribution in [0.2, 0.25) is 0 Å². The van der Waals surface area contributed by atoms with Crippen LogP contribution in [0.25, 0.3) is 16.6 Å². The first-order chi connectivity index (χ1) is 12.2. The number of hydrogen-bond acceptors (Lipinski definition) is 5. The summed E-state index contributed by atoms with van der Waals surface area (Å²) in [6.45, 7) is 3.91. The number of aromatic nitrogens is 4. The van der Waals surface area contributed by atoms with Crippen molar-refractivity contribution in [1.29, 1.82) is 0 Å². The van der Waals surface area contributed by atoms with E-state index >= 15 is 0 Å². The molecule has 1 atom stereocenters. The van der Waals surface area contributed by atoms with Crippen molar-refractivity contribution in [2.75, 3.05) is 19.6 Å². The van der Waals surface area contributed by atoms with Crippen LogP contribution < -0.4 is 5.73 Å². The molecule has 3 heterocycles. The predicted molar refractivity (Wildman–Crippen MR) is 94.5 cm³/mol. The van der Waals surface area contributed by atoms with E-state index in [1.165, 1.54) is 0 Å². The van der Waals surface area contributed by atoms with E-state index in [4.69, 9.17) is 5.73 Å². The van der Waals surface area contributed by atoms with Gasteiger partial charge in [-0.2, -0.15) is 0 Å². The van der Waals surface area contributed by atoms with Gasteiger partial charge in [-0.3, -0.25) is 9.78 Å². The summed E-state index contributed by atoms with van der Waals surface area (Å²) in [4.78, 5) is 19.0. The number of benzene rings is 1. The highest BCUT2D eigenvalue weighted by molar-refractivity contribution is 5.94. The predicted octanol–water partition coefficient (Wildman–Crippen LogP) is 1.54. The maximum atomic E-state index is 12.8. The average molecular weight is 336 g/mol. The van der Waals surface area contributed by atoms with Crippen LogP contribution in [0, 0.1) is 12.8 Å². The number of likely N-dealkylation sites (tertiary alicyclic amines) is 1. The van der Waals surface area contributed by atoms with E-state index in [0.29, 0.717) is 24.7 Å². The highest BCUT2D eigenvalue weighted by Gasteiger charge is 2.29. The Labute approximate surface area is 145 Å². The molecule has 0 unspecified atom stereocenters. The summed E-state index contributed by atoms with van der Waals surface area (Å²) in [6.07, 6.45) is 2.71. The summed E-state index contributed by atoms with van der Waals surface area (Å²) in [6, 6.07) is 9.72. The lowest BCUT2D eigenvalue weighted by Crippen LogP contribution is -2.30. The number of fused-ring (bicyclic) bond motifs is 1. The molecular weight excluding hydrogens is 316 g/mol. The van der Waals surface area contributed by atoms with Crippen LogP contribution in [0.1, 0.15) is 22.6 Å². The van der Waals surface area contributed by atoms with Crippen LogP contribution >= 0.6 is 0 Å². The molecule has 7 nitrogen and oxygen atoms in total. The van der Waals surface area contributed by atoms with Crippen LogP contribution in [0.15, 0.2) is 36.5 Å². The Morgan fingerprint density at radius 2 is 2.20 bits per heavy atom. The second kappa shape index (κ2) is 6.25. The van der Waals surface area contributed by atoms with Gasteiger partial charge in [0, 0.05) is 24.7 Å². The standard InChI is InChI=1S/C18H20N6O/c1-12-17(18(25)23-9-7-13(10-19)11-23)21-22-24(12)16-6-2-5-15-14(16)4-3-8-20-15/h2-6,8,13H,7,9-11,19H2,1H3/t13-/m1/s1. The lowest BCUT2D eigenvalue weighted by Gasteiger charge is -2.15. The van der Waals surface area contributed by atoms with Gasteiger partial charge >= 0.3 is 0 Å². The van der Waals surface area contributed by atoms with Crippen molar-refractivity contribution in [3.05, 3.63) is 47.9 Å². The minimum Gasteiger partial charge on any atom is -0.337 e. The van der Waals surface area contributed by atoms with E-state index in [2.05, 4.69) is 15.3 Å². The Morgan fingerprint density at radius 3 is 3.00 bits per heavy atom. The molecule has 1 aliphatic heterocycles. The van der Waals surface area contributed by atoms with Crippen LogP contribution in [0.5, 0.6) is 0 Å². The zero-order chi connectivity index (χ0) is 17.4. The Morgan fingerprint density at radius 1 is 1.32 bits per heavy atom. The Bertz CT molecular complexity index is 929. The normalized spacial score (nSPS) is 17.4.